The van der Waals surface area contributed by atoms with E-state index in [-0.39, 0.29) is 54.4 Å². The second-order valence-corrected chi connectivity index (χ2v) is 21.0. The van der Waals surface area contributed by atoms with Crippen LogP contribution in [0.3, 0.4) is 0 Å². The molecule has 19 heteroatoms. The van der Waals surface area contributed by atoms with Crippen molar-refractivity contribution in [1.29, 1.82) is 0 Å². The van der Waals surface area contributed by atoms with Crippen LogP contribution in [0.2, 0.25) is 5.15 Å². The molecule has 0 spiro atoms. The molecule has 3 heterocycles. The first-order chi connectivity index (χ1) is 35.1. The number of nitrogens with zero attached hydrogens (tertiary/aromatic N) is 2. The highest BCUT2D eigenvalue weighted by Crippen LogP contribution is 2.30. The van der Waals surface area contributed by atoms with E-state index >= 15 is 9.59 Å². The molecule has 2 aromatic carbocycles. The lowest BCUT2D eigenvalue weighted by Crippen LogP contribution is -2.62. The minimum Gasteiger partial charge on any atom is -0.458 e. The first-order valence-corrected chi connectivity index (χ1v) is 26.1. The van der Waals surface area contributed by atoms with Crippen molar-refractivity contribution in [2.75, 3.05) is 6.54 Å². The van der Waals surface area contributed by atoms with E-state index in [1.54, 1.807) is 51.1 Å². The number of ether oxygens (including phenoxy) is 1. The number of fused-ring (bicyclic) bond motifs is 1. The summed E-state index contributed by atoms with van der Waals surface area (Å²) in [5.74, 6) is -8.75. The van der Waals surface area contributed by atoms with Gasteiger partial charge in [-0.3, -0.25) is 33.6 Å². The van der Waals surface area contributed by atoms with Crippen LogP contribution in [0.1, 0.15) is 128 Å². The molecule has 18 nitrogen and oxygen atoms in total. The summed E-state index contributed by atoms with van der Waals surface area (Å²) in [4.78, 5) is 119. The smallest absolute Gasteiger partial charge is 0.329 e. The van der Waals surface area contributed by atoms with Gasteiger partial charge in [-0.25, -0.2) is 4.79 Å². The number of cyclic esters (lactones) is 1. The second kappa shape index (κ2) is 26.5. The van der Waals surface area contributed by atoms with Crippen LogP contribution in [0.25, 0.3) is 0 Å². The predicted molar refractivity (Wildman–Crippen MR) is 280 cm³/mol. The van der Waals surface area contributed by atoms with Crippen molar-refractivity contribution >= 4 is 58.9 Å². The Hall–Kier alpha value is -6.69. The van der Waals surface area contributed by atoms with Gasteiger partial charge < -0.3 is 46.7 Å². The van der Waals surface area contributed by atoms with Crippen molar-refractivity contribution in [3.63, 3.8) is 0 Å². The fourth-order valence-electron chi connectivity index (χ4n) is 9.54. The summed E-state index contributed by atoms with van der Waals surface area (Å²) >= 11 is 6.00. The molecule has 2 aliphatic rings. The summed E-state index contributed by atoms with van der Waals surface area (Å²) in [5.41, 5.74) is 1.09. The maximum absolute atomic E-state index is 15.1. The second-order valence-electron chi connectivity index (χ2n) is 20.6. The summed E-state index contributed by atoms with van der Waals surface area (Å²) in [7, 11) is 0. The topological polar surface area (TPSA) is 246 Å². The number of rotatable bonds is 15. The molecule has 2 saturated heterocycles. The van der Waals surface area contributed by atoms with Crippen LogP contribution in [0.4, 0.5) is 0 Å². The number of aromatic nitrogens is 1. The number of hydrogen-bond acceptors (Lipinski definition) is 10. The number of esters is 1. The molecule has 0 saturated carbocycles. The standard InChI is InChI=1S/C55H75ClN8O10/c1-11-19-36-28-42-55(72)74-35(10)47(62-49(66)39(26-30(3)4)57-50(67)41-24-25-43(56)64(41)73)53(70)61-45(33(8)37-20-15-13-16-21-37)51(68)58-40(27-31(5)6)48(65)60-46(34(9)38-22-17-14-18-23-38)52(69)59-44(32(7)12-2)54(71)63(42)29-36/h11,13-25,30-36,39-40,42,44-47,73H,12,26-29H2,1-10H3,(H,57,67)(H,58,68)(H,59,69)(H,60,65)(H,61,70)(H,62,66)/b19-11-/t32-,33+,34+,35+,36-,39-,40+,42-,44-,45-,46-,47+/m0/s1. The van der Waals surface area contributed by atoms with E-state index in [2.05, 4.69) is 31.9 Å². The van der Waals surface area contributed by atoms with Crippen LogP contribution < -0.4 is 31.9 Å². The zero-order valence-electron chi connectivity index (χ0n) is 44.1. The summed E-state index contributed by atoms with van der Waals surface area (Å²) in [5, 5.41) is 27.2. The molecular formula is C55H75ClN8O10. The summed E-state index contributed by atoms with van der Waals surface area (Å²) < 4.78 is 6.58. The van der Waals surface area contributed by atoms with Gasteiger partial charge in [0, 0.05) is 18.4 Å². The Morgan fingerprint density at radius 2 is 1.32 bits per heavy atom. The highest BCUT2D eigenvalue weighted by Gasteiger charge is 2.46. The minimum atomic E-state index is -1.73. The third kappa shape index (κ3) is 14.8. The molecule has 2 fully saturated rings. The van der Waals surface area contributed by atoms with E-state index in [9.17, 15) is 34.0 Å². The average Bonchev–Trinajstić information content (AvgIpc) is 3.95. The highest BCUT2D eigenvalue weighted by atomic mass is 35.5. The number of carbonyl (C=O) groups is 8. The van der Waals surface area contributed by atoms with Crippen LogP contribution in [0.15, 0.2) is 84.9 Å². The third-order valence-corrected chi connectivity index (χ3v) is 14.3. The molecule has 0 unspecified atom stereocenters. The summed E-state index contributed by atoms with van der Waals surface area (Å²) in [6, 6.07) is 11.2. The number of allylic oxidation sites excluding steroid dienone is 1. The zero-order valence-corrected chi connectivity index (χ0v) is 44.9. The monoisotopic (exact) mass is 1040 g/mol. The Labute approximate surface area is 439 Å². The number of amides is 7. The fraction of sp³-hybridized carbons (Fsp3) is 0.527. The van der Waals surface area contributed by atoms with Gasteiger partial charge in [0.05, 0.1) is 0 Å². The largest absolute Gasteiger partial charge is 0.458 e. The van der Waals surface area contributed by atoms with Crippen LogP contribution in [-0.4, -0.2) is 117 Å². The van der Waals surface area contributed by atoms with Crippen molar-refractivity contribution in [1.82, 2.24) is 41.5 Å². The quantitative estimate of drug-likeness (QED) is 0.0582. The molecule has 5 rings (SSSR count). The minimum absolute atomic E-state index is 0.0552. The fourth-order valence-corrected chi connectivity index (χ4v) is 9.69. The van der Waals surface area contributed by atoms with E-state index in [4.69, 9.17) is 16.3 Å². The van der Waals surface area contributed by atoms with E-state index in [1.807, 2.05) is 84.0 Å². The molecule has 0 radical (unpaired) electrons. The lowest BCUT2D eigenvalue weighted by atomic mass is 9.90. The molecule has 1 aromatic heterocycles. The number of hydrogen-bond donors (Lipinski definition) is 7. The van der Waals surface area contributed by atoms with Gasteiger partial charge in [0.15, 0.2) is 0 Å². The van der Waals surface area contributed by atoms with Crippen molar-refractivity contribution in [3.8, 4) is 0 Å². The Morgan fingerprint density at radius 1 is 0.770 bits per heavy atom. The van der Waals surface area contributed by atoms with Gasteiger partial charge in [-0.1, -0.05) is 146 Å². The maximum Gasteiger partial charge on any atom is 0.329 e. The van der Waals surface area contributed by atoms with Gasteiger partial charge >= 0.3 is 5.97 Å². The zero-order chi connectivity index (χ0) is 54.6. The molecule has 0 aliphatic carbocycles. The van der Waals surface area contributed by atoms with Crippen LogP contribution >= 0.6 is 11.6 Å². The van der Waals surface area contributed by atoms with E-state index in [0.717, 1.165) is 5.56 Å². The molecule has 0 bridgehead atoms. The van der Waals surface area contributed by atoms with Crippen LogP contribution in [0, 0.1) is 23.7 Å². The van der Waals surface area contributed by atoms with E-state index < -0.39 is 113 Å². The molecule has 74 heavy (non-hydrogen) atoms. The summed E-state index contributed by atoms with van der Waals surface area (Å²) in [6.07, 6.45) is 2.95. The third-order valence-electron chi connectivity index (χ3n) is 14.0. The van der Waals surface area contributed by atoms with E-state index in [1.165, 1.54) is 24.0 Å². The molecule has 402 valence electrons. The van der Waals surface area contributed by atoms with Gasteiger partial charge in [-0.15, -0.1) is 0 Å². The number of benzene rings is 2. The Kier molecular flexibility index (Phi) is 20.8. The van der Waals surface area contributed by atoms with Gasteiger partial charge in [0.25, 0.3) is 5.91 Å². The van der Waals surface area contributed by atoms with Gasteiger partial charge in [-0.05, 0) is 80.0 Å². The van der Waals surface area contributed by atoms with Crippen molar-refractivity contribution < 1.29 is 48.3 Å². The first-order valence-electron chi connectivity index (χ1n) is 25.7. The molecule has 2 aliphatic heterocycles. The maximum atomic E-state index is 15.1. The molecular weight excluding hydrogens is 968 g/mol. The Morgan fingerprint density at radius 3 is 1.84 bits per heavy atom. The Balaban J connectivity index is 1.66. The highest BCUT2D eigenvalue weighted by molar-refractivity contribution is 6.30. The number of nitrogens with one attached hydrogen (secondary N) is 6. The molecule has 3 aromatic rings. The van der Waals surface area contributed by atoms with Crippen molar-refractivity contribution in [2.45, 2.75) is 155 Å². The number of halogens is 1. The summed E-state index contributed by atoms with van der Waals surface area (Å²) in [6.45, 7) is 17.8. The van der Waals surface area contributed by atoms with Crippen molar-refractivity contribution in [2.24, 2.45) is 23.7 Å². The van der Waals surface area contributed by atoms with Crippen LogP contribution in [0.5, 0.6) is 0 Å². The lowest BCUT2D eigenvalue weighted by Gasteiger charge is -2.34. The normalized spacial score (nSPS) is 25.3. The first kappa shape index (κ1) is 58.2. The molecule has 7 N–H and O–H groups in total. The molecule has 7 amide bonds. The predicted octanol–water partition coefficient (Wildman–Crippen LogP) is 5.39. The van der Waals surface area contributed by atoms with E-state index in [0.29, 0.717) is 16.7 Å². The lowest BCUT2D eigenvalue weighted by molar-refractivity contribution is -0.161. The Bertz CT molecular complexity index is 2480. The SMILES string of the molecule is C/C=C\[C@H]1C[C@H]2C(=O)O[C@H](C)[C@@H](NC(=O)[C@H](CC(C)C)NC(=O)c3ccc(Cl)n3O)C(=O)N[C@@H]([C@H](C)c3ccccc3)C(=O)N[C@H](CC(C)C)C(=O)N[C@@H]([C@H](C)c3ccccc3)C(=O)N[C@@H]([C@@H](C)CC)C(=O)N2C1. The van der Waals surface area contributed by atoms with Gasteiger partial charge in [-0.2, -0.15) is 4.73 Å². The van der Waals surface area contributed by atoms with Gasteiger partial charge in [0.2, 0.25) is 35.4 Å². The van der Waals surface area contributed by atoms with Gasteiger partial charge in [0.1, 0.15) is 59.2 Å². The molecule has 12 atom stereocenters. The van der Waals surface area contributed by atoms with Crippen LogP contribution in [-0.2, 0) is 38.3 Å². The average molecular weight is 1040 g/mol. The number of carbonyl (C=O) groups excluding carboxylic acids is 8. The van der Waals surface area contributed by atoms with Crippen molar-refractivity contribution in [3.05, 3.63) is 107 Å².